The van der Waals surface area contributed by atoms with Crippen LogP contribution in [0.4, 0.5) is 0 Å². The molecule has 1 aliphatic heterocycles. The van der Waals surface area contributed by atoms with E-state index in [0.717, 1.165) is 37.3 Å². The fraction of sp³-hybridized carbons (Fsp3) is 0.400. The molecule has 2 heterocycles. The van der Waals surface area contributed by atoms with Gasteiger partial charge in [0.25, 0.3) is 0 Å². The number of phenolic OH excluding ortho intramolecular Hbond substituents is 1. The van der Waals surface area contributed by atoms with E-state index in [2.05, 4.69) is 0 Å². The molecule has 1 fully saturated rings. The quantitative estimate of drug-likeness (QED) is 0.770. The third-order valence-electron chi connectivity index (χ3n) is 3.82. The number of nitrogens with one attached hydrogen (secondary N) is 1. The van der Waals surface area contributed by atoms with Crippen LogP contribution in [0.2, 0.25) is 0 Å². The minimum atomic E-state index is -0.376. The standard InChI is InChI=1S/C15H17NO4/c1-10-8-14(18)20-15-11(10)2-3-13(17)12(15)9-16-4-6-19-7-5-16/h2-3,8,17H,4-7,9H2,1H3/p+1. The summed E-state index contributed by atoms with van der Waals surface area (Å²) < 4.78 is 10.7. The molecule has 1 saturated heterocycles. The number of rotatable bonds is 2. The van der Waals surface area contributed by atoms with Gasteiger partial charge in [0, 0.05) is 11.5 Å². The molecule has 0 spiro atoms. The summed E-state index contributed by atoms with van der Waals surface area (Å²) in [5.74, 6) is 0.185. The van der Waals surface area contributed by atoms with Crippen molar-refractivity contribution >= 4 is 11.0 Å². The molecule has 2 aromatic rings. The number of benzene rings is 1. The Hall–Kier alpha value is -1.85. The van der Waals surface area contributed by atoms with Gasteiger partial charge < -0.3 is 19.2 Å². The van der Waals surface area contributed by atoms with Gasteiger partial charge in [-0.25, -0.2) is 4.79 Å². The van der Waals surface area contributed by atoms with Crippen LogP contribution < -0.4 is 10.5 Å². The first kappa shape index (κ1) is 13.1. The largest absolute Gasteiger partial charge is 0.507 e. The minimum Gasteiger partial charge on any atom is -0.507 e. The van der Waals surface area contributed by atoms with Crippen LogP contribution in [0.5, 0.6) is 5.75 Å². The van der Waals surface area contributed by atoms with Gasteiger partial charge in [0.05, 0.1) is 18.8 Å². The Balaban J connectivity index is 2.08. The average Bonchev–Trinajstić information content (AvgIpc) is 2.43. The highest BCUT2D eigenvalue weighted by molar-refractivity contribution is 5.84. The lowest BCUT2D eigenvalue weighted by atomic mass is 10.1. The monoisotopic (exact) mass is 276 g/mol. The van der Waals surface area contributed by atoms with Crippen molar-refractivity contribution in [3.8, 4) is 5.75 Å². The molecule has 5 heteroatoms. The third kappa shape index (κ3) is 2.42. The fourth-order valence-electron chi connectivity index (χ4n) is 2.69. The van der Waals surface area contributed by atoms with Crippen molar-refractivity contribution in [2.75, 3.05) is 26.3 Å². The fourth-order valence-corrected chi connectivity index (χ4v) is 2.69. The molecule has 1 aromatic carbocycles. The summed E-state index contributed by atoms with van der Waals surface area (Å²) in [6.45, 7) is 5.76. The van der Waals surface area contributed by atoms with Gasteiger partial charge in [0.15, 0.2) is 5.58 Å². The molecular formula is C15H18NO4+. The molecule has 5 nitrogen and oxygen atoms in total. The van der Waals surface area contributed by atoms with Crippen molar-refractivity contribution in [3.05, 3.63) is 39.7 Å². The summed E-state index contributed by atoms with van der Waals surface area (Å²) in [4.78, 5) is 12.9. The number of hydrogen-bond acceptors (Lipinski definition) is 4. The molecule has 0 aliphatic carbocycles. The highest BCUT2D eigenvalue weighted by Gasteiger charge is 2.20. The van der Waals surface area contributed by atoms with Gasteiger partial charge in [0.1, 0.15) is 25.4 Å². The van der Waals surface area contributed by atoms with Crippen LogP contribution in [-0.4, -0.2) is 31.4 Å². The lowest BCUT2D eigenvalue weighted by molar-refractivity contribution is -0.921. The van der Waals surface area contributed by atoms with Crippen molar-refractivity contribution in [2.45, 2.75) is 13.5 Å². The normalized spacial score (nSPS) is 16.6. The van der Waals surface area contributed by atoms with Crippen molar-refractivity contribution in [2.24, 2.45) is 0 Å². The van der Waals surface area contributed by atoms with Crippen LogP contribution >= 0.6 is 0 Å². The lowest BCUT2D eigenvalue weighted by Gasteiger charge is -2.24. The molecule has 0 amide bonds. The number of morpholine rings is 1. The van der Waals surface area contributed by atoms with Gasteiger partial charge in [-0.15, -0.1) is 0 Å². The Kier molecular flexibility index (Phi) is 3.46. The van der Waals surface area contributed by atoms with Gasteiger partial charge in [0.2, 0.25) is 0 Å². The highest BCUT2D eigenvalue weighted by atomic mass is 16.5. The van der Waals surface area contributed by atoms with Crippen molar-refractivity contribution < 1.29 is 19.2 Å². The zero-order valence-electron chi connectivity index (χ0n) is 11.4. The first-order valence-electron chi connectivity index (χ1n) is 6.82. The summed E-state index contributed by atoms with van der Waals surface area (Å²) >= 11 is 0. The van der Waals surface area contributed by atoms with Crippen LogP contribution in [0.1, 0.15) is 11.1 Å². The first-order chi connectivity index (χ1) is 9.65. The number of fused-ring (bicyclic) bond motifs is 1. The second-order valence-electron chi connectivity index (χ2n) is 5.23. The van der Waals surface area contributed by atoms with Crippen LogP contribution in [-0.2, 0) is 11.3 Å². The maximum Gasteiger partial charge on any atom is 0.336 e. The van der Waals surface area contributed by atoms with Gasteiger partial charge in [-0.05, 0) is 24.6 Å². The Morgan fingerprint density at radius 3 is 2.80 bits per heavy atom. The second kappa shape index (κ2) is 5.26. The molecule has 1 aromatic heterocycles. The zero-order valence-corrected chi connectivity index (χ0v) is 11.4. The van der Waals surface area contributed by atoms with Gasteiger partial charge in [-0.1, -0.05) is 0 Å². The summed E-state index contributed by atoms with van der Waals surface area (Å²) in [6.07, 6.45) is 0. The third-order valence-corrected chi connectivity index (χ3v) is 3.82. The molecular weight excluding hydrogens is 258 g/mol. The van der Waals surface area contributed by atoms with Crippen LogP contribution in [0.3, 0.4) is 0 Å². The van der Waals surface area contributed by atoms with E-state index in [0.29, 0.717) is 17.7 Å². The van der Waals surface area contributed by atoms with Gasteiger partial charge in [-0.2, -0.15) is 0 Å². The molecule has 1 aliphatic rings. The van der Waals surface area contributed by atoms with Crippen LogP contribution in [0, 0.1) is 6.92 Å². The van der Waals surface area contributed by atoms with E-state index >= 15 is 0 Å². The molecule has 0 atom stereocenters. The molecule has 0 radical (unpaired) electrons. The average molecular weight is 276 g/mol. The van der Waals surface area contributed by atoms with Crippen molar-refractivity contribution in [1.82, 2.24) is 0 Å². The Labute approximate surface area is 116 Å². The van der Waals surface area contributed by atoms with Gasteiger partial charge >= 0.3 is 5.63 Å². The van der Waals surface area contributed by atoms with E-state index in [1.807, 2.05) is 6.92 Å². The summed E-state index contributed by atoms with van der Waals surface area (Å²) in [6, 6.07) is 4.94. The predicted octanol–water partition coefficient (Wildman–Crippen LogP) is 0.222. The molecule has 0 bridgehead atoms. The first-order valence-corrected chi connectivity index (χ1v) is 6.82. The smallest absolute Gasteiger partial charge is 0.336 e. The number of quaternary nitrogens is 1. The number of aromatic hydroxyl groups is 1. The van der Waals surface area contributed by atoms with E-state index in [1.165, 1.54) is 11.0 Å². The second-order valence-corrected chi connectivity index (χ2v) is 5.23. The van der Waals surface area contributed by atoms with E-state index in [9.17, 15) is 9.90 Å². The Bertz CT molecular complexity index is 686. The molecule has 2 N–H and O–H groups in total. The van der Waals surface area contributed by atoms with E-state index in [4.69, 9.17) is 9.15 Å². The zero-order chi connectivity index (χ0) is 14.1. The Morgan fingerprint density at radius 2 is 2.05 bits per heavy atom. The lowest BCUT2D eigenvalue weighted by Crippen LogP contribution is -3.12. The number of ether oxygens (including phenoxy) is 1. The molecule has 0 saturated carbocycles. The summed E-state index contributed by atoms with van der Waals surface area (Å²) in [7, 11) is 0. The van der Waals surface area contributed by atoms with Crippen LogP contribution in [0.25, 0.3) is 11.0 Å². The van der Waals surface area contributed by atoms with Crippen LogP contribution in [0.15, 0.2) is 27.4 Å². The predicted molar refractivity (Wildman–Crippen MR) is 74.1 cm³/mol. The number of phenols is 1. The van der Waals surface area contributed by atoms with E-state index in [1.54, 1.807) is 12.1 Å². The molecule has 106 valence electrons. The van der Waals surface area contributed by atoms with E-state index in [-0.39, 0.29) is 11.4 Å². The maximum absolute atomic E-state index is 11.6. The molecule has 20 heavy (non-hydrogen) atoms. The maximum atomic E-state index is 11.6. The summed E-state index contributed by atoms with van der Waals surface area (Å²) in [5, 5.41) is 11.0. The minimum absolute atomic E-state index is 0.185. The number of hydrogen-bond donors (Lipinski definition) is 2. The van der Waals surface area contributed by atoms with E-state index < -0.39 is 0 Å². The van der Waals surface area contributed by atoms with Crippen molar-refractivity contribution in [1.29, 1.82) is 0 Å². The topological polar surface area (TPSA) is 64.1 Å². The summed E-state index contributed by atoms with van der Waals surface area (Å²) in [5.41, 5.74) is 1.71. The van der Waals surface area contributed by atoms with Gasteiger partial charge in [-0.3, -0.25) is 0 Å². The molecule has 3 rings (SSSR count). The SMILES string of the molecule is Cc1cc(=O)oc2c(C[NH+]3CCOCC3)c(O)ccc12. The Morgan fingerprint density at radius 1 is 1.30 bits per heavy atom. The molecule has 0 unspecified atom stereocenters. The number of aryl methyl sites for hydroxylation is 1. The highest BCUT2D eigenvalue weighted by Crippen LogP contribution is 2.27. The van der Waals surface area contributed by atoms with Crippen molar-refractivity contribution in [3.63, 3.8) is 0 Å².